The second-order valence-electron chi connectivity index (χ2n) is 6.25. The summed E-state index contributed by atoms with van der Waals surface area (Å²) in [6, 6.07) is 6.71. The molecule has 26 heavy (non-hydrogen) atoms. The minimum absolute atomic E-state index is 0.137. The van der Waals surface area contributed by atoms with Crippen molar-refractivity contribution in [2.75, 3.05) is 13.1 Å². The Kier molecular flexibility index (Phi) is 5.94. The fraction of sp³-hybridized carbons (Fsp3) is 0.350. The van der Waals surface area contributed by atoms with E-state index >= 15 is 0 Å². The fourth-order valence-electron chi connectivity index (χ4n) is 2.85. The second-order valence-corrected chi connectivity index (χ2v) is 6.25. The lowest BCUT2D eigenvalue weighted by atomic mass is 10.1. The summed E-state index contributed by atoms with van der Waals surface area (Å²) in [7, 11) is 0. The number of carbonyl (C=O) groups excluding carboxylic acids is 1. The van der Waals surface area contributed by atoms with E-state index in [0.717, 1.165) is 24.8 Å². The van der Waals surface area contributed by atoms with Crippen LogP contribution in [0.5, 0.6) is 6.01 Å². The molecule has 1 aliphatic heterocycles. The number of aromatic nitrogens is 2. The molecule has 5 nitrogen and oxygen atoms in total. The first-order chi connectivity index (χ1) is 12.7. The smallest absolute Gasteiger partial charge is 0.316 e. The minimum atomic E-state index is -0.343. The van der Waals surface area contributed by atoms with Gasteiger partial charge in [0.2, 0.25) is 5.91 Å². The number of rotatable bonds is 5. The first-order valence-electron chi connectivity index (χ1n) is 8.85. The Labute approximate surface area is 152 Å². The normalized spacial score (nSPS) is 17.5. The quantitative estimate of drug-likeness (QED) is 0.773. The number of likely N-dealkylation sites (tertiary alicyclic amines) is 1. The lowest BCUT2D eigenvalue weighted by molar-refractivity contribution is -0.128. The zero-order chi connectivity index (χ0) is 18.4. The number of nitrogens with zero attached hydrogens (tertiary/aromatic N) is 3. The summed E-state index contributed by atoms with van der Waals surface area (Å²) in [6.45, 7) is 3.17. The molecule has 1 unspecified atom stereocenters. The third-order valence-electron chi connectivity index (χ3n) is 4.36. The van der Waals surface area contributed by atoms with E-state index < -0.39 is 0 Å². The molecule has 1 atom stereocenters. The molecule has 1 aliphatic rings. The number of carbonyl (C=O) groups is 1. The minimum Gasteiger partial charge on any atom is -0.458 e. The van der Waals surface area contributed by atoms with Crippen molar-refractivity contribution in [3.8, 4) is 6.01 Å². The first-order valence-corrected chi connectivity index (χ1v) is 8.85. The van der Waals surface area contributed by atoms with Crippen molar-refractivity contribution >= 4 is 12.0 Å². The van der Waals surface area contributed by atoms with E-state index in [9.17, 15) is 9.18 Å². The second kappa shape index (κ2) is 8.56. The Morgan fingerprint density at radius 1 is 1.35 bits per heavy atom. The van der Waals surface area contributed by atoms with Crippen LogP contribution in [0.15, 0.2) is 42.7 Å². The monoisotopic (exact) mass is 355 g/mol. The van der Waals surface area contributed by atoms with Crippen LogP contribution in [0, 0.1) is 5.82 Å². The summed E-state index contributed by atoms with van der Waals surface area (Å²) in [5, 5.41) is 0. The molecule has 1 aromatic heterocycles. The average molecular weight is 355 g/mol. The van der Waals surface area contributed by atoms with E-state index in [0.29, 0.717) is 24.7 Å². The molecule has 1 saturated heterocycles. The van der Waals surface area contributed by atoms with Crippen molar-refractivity contribution in [2.45, 2.75) is 32.3 Å². The van der Waals surface area contributed by atoms with Gasteiger partial charge in [-0.25, -0.2) is 14.4 Å². The van der Waals surface area contributed by atoms with Gasteiger partial charge in [-0.05, 0) is 37.0 Å². The molecule has 0 saturated carbocycles. The highest BCUT2D eigenvalue weighted by atomic mass is 19.1. The number of aryl methyl sites for hydroxylation is 1. The molecule has 1 amide bonds. The third kappa shape index (κ3) is 4.65. The predicted molar refractivity (Wildman–Crippen MR) is 97.1 cm³/mol. The molecule has 2 aromatic rings. The van der Waals surface area contributed by atoms with Gasteiger partial charge in [0.25, 0.3) is 0 Å². The van der Waals surface area contributed by atoms with Crippen LogP contribution >= 0.6 is 0 Å². The Morgan fingerprint density at radius 2 is 2.12 bits per heavy atom. The molecule has 0 radical (unpaired) electrons. The number of halogens is 1. The van der Waals surface area contributed by atoms with Gasteiger partial charge >= 0.3 is 6.01 Å². The summed E-state index contributed by atoms with van der Waals surface area (Å²) in [4.78, 5) is 22.5. The Bertz CT molecular complexity index is 777. The van der Waals surface area contributed by atoms with Gasteiger partial charge < -0.3 is 9.64 Å². The highest BCUT2D eigenvalue weighted by Gasteiger charge is 2.24. The Balaban J connectivity index is 1.58. The van der Waals surface area contributed by atoms with Crippen molar-refractivity contribution in [1.29, 1.82) is 0 Å². The Morgan fingerprint density at radius 3 is 2.85 bits per heavy atom. The predicted octanol–water partition coefficient (Wildman–Crippen LogP) is 3.26. The summed E-state index contributed by atoms with van der Waals surface area (Å²) in [5.41, 5.74) is 1.45. The van der Waals surface area contributed by atoms with Crippen LogP contribution in [0.25, 0.3) is 6.08 Å². The van der Waals surface area contributed by atoms with E-state index in [1.54, 1.807) is 35.5 Å². The lowest BCUT2D eigenvalue weighted by Crippen LogP contribution is -2.43. The molecular weight excluding hydrogens is 333 g/mol. The summed E-state index contributed by atoms with van der Waals surface area (Å²) < 4.78 is 19.4. The topological polar surface area (TPSA) is 55.3 Å². The number of hydrogen-bond acceptors (Lipinski definition) is 4. The van der Waals surface area contributed by atoms with E-state index in [4.69, 9.17) is 4.74 Å². The van der Waals surface area contributed by atoms with Crippen molar-refractivity contribution < 1.29 is 13.9 Å². The molecule has 2 heterocycles. The van der Waals surface area contributed by atoms with Gasteiger partial charge in [-0.1, -0.05) is 25.1 Å². The van der Waals surface area contributed by atoms with Gasteiger partial charge in [0, 0.05) is 30.6 Å². The van der Waals surface area contributed by atoms with E-state index in [2.05, 4.69) is 9.97 Å². The molecule has 0 N–H and O–H groups in total. The van der Waals surface area contributed by atoms with Crippen LogP contribution in [-0.4, -0.2) is 40.0 Å². The molecule has 136 valence electrons. The van der Waals surface area contributed by atoms with Crippen LogP contribution < -0.4 is 4.74 Å². The van der Waals surface area contributed by atoms with Crippen molar-refractivity contribution in [1.82, 2.24) is 14.9 Å². The largest absolute Gasteiger partial charge is 0.458 e. The van der Waals surface area contributed by atoms with Gasteiger partial charge in [-0.2, -0.15) is 0 Å². The summed E-state index contributed by atoms with van der Waals surface area (Å²) >= 11 is 0. The van der Waals surface area contributed by atoms with Crippen LogP contribution in [0.3, 0.4) is 0 Å². The number of benzene rings is 1. The molecule has 1 aromatic carbocycles. The summed E-state index contributed by atoms with van der Waals surface area (Å²) in [6.07, 6.45) is 8.86. The molecule has 0 spiro atoms. The fourth-order valence-corrected chi connectivity index (χ4v) is 2.85. The number of hydrogen-bond donors (Lipinski definition) is 0. The maximum Gasteiger partial charge on any atom is 0.316 e. The van der Waals surface area contributed by atoms with Gasteiger partial charge in [-0.15, -0.1) is 0 Å². The third-order valence-corrected chi connectivity index (χ3v) is 4.36. The zero-order valence-electron chi connectivity index (χ0n) is 14.8. The van der Waals surface area contributed by atoms with Gasteiger partial charge in [0.1, 0.15) is 11.9 Å². The number of amides is 1. The van der Waals surface area contributed by atoms with E-state index in [1.807, 2.05) is 6.92 Å². The molecule has 0 bridgehead atoms. The highest BCUT2D eigenvalue weighted by molar-refractivity contribution is 5.91. The Hall–Kier alpha value is -2.76. The average Bonchev–Trinajstić information content (AvgIpc) is 2.68. The first kappa shape index (κ1) is 18.0. The van der Waals surface area contributed by atoms with Crippen LogP contribution in [0.2, 0.25) is 0 Å². The molecule has 1 fully saturated rings. The van der Waals surface area contributed by atoms with Crippen LogP contribution in [-0.2, 0) is 11.2 Å². The SMILES string of the molecule is CCc1cnc(OC2CCCN(C(=O)/C=C/c3ccccc3F)C2)nc1. The van der Waals surface area contributed by atoms with Crippen LogP contribution in [0.1, 0.15) is 30.9 Å². The van der Waals surface area contributed by atoms with Gasteiger partial charge in [0.05, 0.1) is 6.54 Å². The van der Waals surface area contributed by atoms with Crippen molar-refractivity contribution in [3.63, 3.8) is 0 Å². The molecule has 0 aliphatic carbocycles. The van der Waals surface area contributed by atoms with Gasteiger partial charge in [-0.3, -0.25) is 4.79 Å². The maximum atomic E-state index is 13.6. The van der Waals surface area contributed by atoms with E-state index in [-0.39, 0.29) is 17.8 Å². The molecule has 3 rings (SSSR count). The van der Waals surface area contributed by atoms with Crippen molar-refractivity contribution in [2.24, 2.45) is 0 Å². The standard InChI is InChI=1S/C20H22FN3O2/c1-2-15-12-22-20(23-13-15)26-17-7-5-11-24(14-17)19(25)10-9-16-6-3-4-8-18(16)21/h3-4,6,8-10,12-13,17H,2,5,7,11,14H2,1H3/b10-9+. The lowest BCUT2D eigenvalue weighted by Gasteiger charge is -2.31. The molecular formula is C20H22FN3O2. The van der Waals surface area contributed by atoms with Crippen molar-refractivity contribution in [3.05, 3.63) is 59.7 Å². The maximum absolute atomic E-state index is 13.6. The highest BCUT2D eigenvalue weighted by Crippen LogP contribution is 2.16. The van der Waals surface area contributed by atoms with Crippen LogP contribution in [0.4, 0.5) is 4.39 Å². The molecule has 6 heteroatoms. The number of ether oxygens (including phenoxy) is 1. The summed E-state index contributed by atoms with van der Waals surface area (Å²) in [5.74, 6) is -0.493. The zero-order valence-corrected chi connectivity index (χ0v) is 14.8. The van der Waals surface area contributed by atoms with E-state index in [1.165, 1.54) is 18.2 Å². The number of piperidine rings is 1. The van der Waals surface area contributed by atoms with Gasteiger partial charge in [0.15, 0.2) is 0 Å².